The summed E-state index contributed by atoms with van der Waals surface area (Å²) in [6, 6.07) is 14.7. The number of nitrogens with zero attached hydrogens (tertiary/aromatic N) is 3. The lowest BCUT2D eigenvalue weighted by Crippen LogP contribution is -2.37. The first kappa shape index (κ1) is 22.2. The summed E-state index contributed by atoms with van der Waals surface area (Å²) in [4.78, 5) is 23.0. The molecule has 170 valence electrons. The minimum atomic E-state index is -0.468. The van der Waals surface area contributed by atoms with Crippen LogP contribution >= 0.6 is 0 Å². The van der Waals surface area contributed by atoms with Crippen LogP contribution in [0.15, 0.2) is 48.5 Å². The predicted molar refractivity (Wildman–Crippen MR) is 131 cm³/mol. The van der Waals surface area contributed by atoms with Gasteiger partial charge in [0, 0.05) is 60.0 Å². The average molecular weight is 446 g/mol. The Labute approximate surface area is 192 Å². The molecule has 1 aliphatic heterocycles. The molecule has 1 aromatic heterocycles. The number of nitrogens with one attached hydrogen (secondary N) is 3. The van der Waals surface area contributed by atoms with E-state index < -0.39 is 5.91 Å². The molecular weight excluding hydrogens is 418 g/mol. The van der Waals surface area contributed by atoms with E-state index in [2.05, 4.69) is 15.5 Å². The van der Waals surface area contributed by atoms with Crippen LogP contribution in [0.2, 0.25) is 0 Å². The highest BCUT2D eigenvalue weighted by atomic mass is 16.5. The number of carbonyl (C=O) groups excluding carboxylic acids is 1. The second-order valence-electron chi connectivity index (χ2n) is 7.74. The van der Waals surface area contributed by atoms with Gasteiger partial charge in [0.2, 0.25) is 11.9 Å². The summed E-state index contributed by atoms with van der Waals surface area (Å²) in [5.41, 5.74) is 10.4. The molecule has 0 atom stereocenters. The lowest BCUT2D eigenvalue weighted by atomic mass is 10.0. The predicted octanol–water partition coefficient (Wildman–Crippen LogP) is 3.25. The summed E-state index contributed by atoms with van der Waals surface area (Å²) in [5, 5.41) is 14.5. The van der Waals surface area contributed by atoms with Gasteiger partial charge in [0.1, 0.15) is 5.82 Å². The third-order valence-electron chi connectivity index (χ3n) is 5.44. The van der Waals surface area contributed by atoms with Gasteiger partial charge in [0.15, 0.2) is 0 Å². The van der Waals surface area contributed by atoms with Crippen LogP contribution in [-0.2, 0) is 4.74 Å². The Morgan fingerprint density at radius 1 is 1.09 bits per heavy atom. The molecule has 0 saturated carbocycles. The van der Waals surface area contributed by atoms with Crippen molar-refractivity contribution in [1.29, 1.82) is 5.41 Å². The molecule has 9 heteroatoms. The van der Waals surface area contributed by atoms with Crippen molar-refractivity contribution in [2.45, 2.75) is 6.92 Å². The maximum absolute atomic E-state index is 11.4. The molecule has 3 aromatic rings. The van der Waals surface area contributed by atoms with Crippen LogP contribution < -0.4 is 21.3 Å². The highest BCUT2D eigenvalue weighted by molar-refractivity contribution is 6.02. The zero-order valence-electron chi connectivity index (χ0n) is 18.7. The zero-order chi connectivity index (χ0) is 23.4. The summed E-state index contributed by atoms with van der Waals surface area (Å²) < 4.78 is 5.48. The molecule has 0 unspecified atom stereocenters. The van der Waals surface area contributed by atoms with Gasteiger partial charge < -0.3 is 31.4 Å². The van der Waals surface area contributed by atoms with Crippen LogP contribution in [-0.4, -0.2) is 54.9 Å². The van der Waals surface area contributed by atoms with Crippen molar-refractivity contribution in [3.63, 3.8) is 0 Å². The molecule has 1 fully saturated rings. The van der Waals surface area contributed by atoms with Crippen molar-refractivity contribution in [1.82, 2.24) is 9.97 Å². The third kappa shape index (κ3) is 5.09. The number of hydrogen-bond donors (Lipinski definition) is 4. The summed E-state index contributed by atoms with van der Waals surface area (Å²) in [6.45, 7) is 4.45. The van der Waals surface area contributed by atoms with E-state index in [0.29, 0.717) is 49.3 Å². The number of nitrogens with two attached hydrogens (primary N) is 1. The van der Waals surface area contributed by atoms with E-state index in [0.717, 1.165) is 28.2 Å². The molecule has 9 nitrogen and oxygen atoms in total. The molecule has 0 bridgehead atoms. The first-order valence-corrected chi connectivity index (χ1v) is 10.7. The van der Waals surface area contributed by atoms with E-state index >= 15 is 0 Å². The fraction of sp³-hybridized carbons (Fsp3) is 0.250. The number of anilines is 4. The average Bonchev–Trinajstić information content (AvgIpc) is 2.84. The molecule has 1 aliphatic rings. The Balaban J connectivity index is 1.73. The van der Waals surface area contributed by atoms with Gasteiger partial charge in [-0.25, -0.2) is 4.98 Å². The topological polar surface area (TPSA) is 129 Å². The number of primary amides is 1. The van der Waals surface area contributed by atoms with E-state index in [4.69, 9.17) is 25.8 Å². The summed E-state index contributed by atoms with van der Waals surface area (Å²) in [7, 11) is 1.84. The molecule has 33 heavy (non-hydrogen) atoms. The van der Waals surface area contributed by atoms with Gasteiger partial charge in [-0.3, -0.25) is 4.79 Å². The quantitative estimate of drug-likeness (QED) is 0.411. The first-order valence-electron chi connectivity index (χ1n) is 10.7. The van der Waals surface area contributed by atoms with E-state index in [-0.39, 0.29) is 0 Å². The number of amides is 1. The Kier molecular flexibility index (Phi) is 6.50. The smallest absolute Gasteiger partial charge is 0.248 e. The SMILES string of the molecule is CNc1cc(-c2cc(Nc3ccc(C(N)=O)cc3)nc(N3CCOCC3)n2)ccc1C(C)=N. The van der Waals surface area contributed by atoms with Crippen molar-refractivity contribution in [2.75, 3.05) is 48.9 Å². The van der Waals surface area contributed by atoms with Gasteiger partial charge in [-0.15, -0.1) is 0 Å². The molecule has 0 radical (unpaired) electrons. The van der Waals surface area contributed by atoms with Gasteiger partial charge in [-0.2, -0.15) is 4.98 Å². The number of hydrogen-bond acceptors (Lipinski definition) is 8. The molecule has 0 aliphatic carbocycles. The van der Waals surface area contributed by atoms with Gasteiger partial charge in [0.25, 0.3) is 0 Å². The Hall–Kier alpha value is -3.98. The fourth-order valence-corrected chi connectivity index (χ4v) is 3.65. The van der Waals surface area contributed by atoms with Crippen LogP contribution in [0.25, 0.3) is 11.3 Å². The van der Waals surface area contributed by atoms with E-state index in [9.17, 15) is 4.79 Å². The minimum Gasteiger partial charge on any atom is -0.388 e. The maximum atomic E-state index is 11.4. The molecule has 4 rings (SSSR count). The minimum absolute atomic E-state index is 0.444. The molecule has 2 heterocycles. The van der Waals surface area contributed by atoms with Crippen molar-refractivity contribution in [2.24, 2.45) is 5.73 Å². The van der Waals surface area contributed by atoms with Gasteiger partial charge in [-0.1, -0.05) is 12.1 Å². The van der Waals surface area contributed by atoms with E-state index in [1.165, 1.54) is 0 Å². The number of benzene rings is 2. The van der Waals surface area contributed by atoms with Crippen LogP contribution in [0.4, 0.5) is 23.1 Å². The lowest BCUT2D eigenvalue weighted by Gasteiger charge is -2.27. The maximum Gasteiger partial charge on any atom is 0.248 e. The molecule has 1 amide bonds. The number of carbonyl (C=O) groups is 1. The summed E-state index contributed by atoms with van der Waals surface area (Å²) in [6.07, 6.45) is 0. The summed E-state index contributed by atoms with van der Waals surface area (Å²) >= 11 is 0. The molecule has 2 aromatic carbocycles. The second-order valence-corrected chi connectivity index (χ2v) is 7.74. The van der Waals surface area contributed by atoms with Gasteiger partial charge in [-0.05, 0) is 37.3 Å². The normalized spacial score (nSPS) is 13.5. The zero-order valence-corrected chi connectivity index (χ0v) is 18.7. The monoisotopic (exact) mass is 445 g/mol. The van der Waals surface area contributed by atoms with Crippen LogP contribution in [0.5, 0.6) is 0 Å². The third-order valence-corrected chi connectivity index (χ3v) is 5.44. The Bertz CT molecular complexity index is 1170. The standard InChI is InChI=1S/C24H27N7O2/c1-15(25)19-8-5-17(13-21(19)27-2)20-14-22(28-18-6-3-16(4-7-18)23(26)32)30-24(29-20)31-9-11-33-12-10-31/h3-8,13-14,25,27H,9-12H2,1-2H3,(H2,26,32)(H,28,29,30). The number of morpholine rings is 1. The second kappa shape index (κ2) is 9.66. The molecule has 5 N–H and O–H groups in total. The molecular formula is C24H27N7O2. The van der Waals surface area contributed by atoms with Crippen LogP contribution in [0.1, 0.15) is 22.8 Å². The number of ether oxygens (including phenoxy) is 1. The fourth-order valence-electron chi connectivity index (χ4n) is 3.65. The van der Waals surface area contributed by atoms with Crippen molar-refractivity contribution in [3.05, 3.63) is 59.7 Å². The van der Waals surface area contributed by atoms with Crippen LogP contribution in [0, 0.1) is 5.41 Å². The van der Waals surface area contributed by atoms with Gasteiger partial charge in [0.05, 0.1) is 18.9 Å². The van der Waals surface area contributed by atoms with Crippen LogP contribution in [0.3, 0.4) is 0 Å². The number of rotatable bonds is 7. The summed E-state index contributed by atoms with van der Waals surface area (Å²) in [5.74, 6) is 0.779. The Morgan fingerprint density at radius 2 is 1.82 bits per heavy atom. The van der Waals surface area contributed by atoms with Crippen molar-refractivity contribution < 1.29 is 9.53 Å². The first-order chi connectivity index (χ1) is 15.9. The molecule has 0 spiro atoms. The highest BCUT2D eigenvalue weighted by Crippen LogP contribution is 2.29. The van der Waals surface area contributed by atoms with Gasteiger partial charge >= 0.3 is 0 Å². The van der Waals surface area contributed by atoms with Crippen molar-refractivity contribution >= 4 is 34.8 Å². The van der Waals surface area contributed by atoms with E-state index in [1.54, 1.807) is 31.2 Å². The lowest BCUT2D eigenvalue weighted by molar-refractivity contribution is 0.100. The molecule has 1 saturated heterocycles. The highest BCUT2D eigenvalue weighted by Gasteiger charge is 2.17. The van der Waals surface area contributed by atoms with Crippen molar-refractivity contribution in [3.8, 4) is 11.3 Å². The number of aromatic nitrogens is 2. The Morgan fingerprint density at radius 3 is 2.45 bits per heavy atom. The van der Waals surface area contributed by atoms with E-state index in [1.807, 2.05) is 31.3 Å². The largest absolute Gasteiger partial charge is 0.388 e.